The summed E-state index contributed by atoms with van der Waals surface area (Å²) in [6, 6.07) is 41.3. The minimum absolute atomic E-state index is 0.296. The van der Waals surface area contributed by atoms with Crippen LogP contribution in [0, 0.1) is 13.8 Å². The summed E-state index contributed by atoms with van der Waals surface area (Å²) in [5.74, 6) is 0.109. The predicted molar refractivity (Wildman–Crippen MR) is 230 cm³/mol. The second kappa shape index (κ2) is 16.1. The van der Waals surface area contributed by atoms with Crippen molar-refractivity contribution in [3.63, 3.8) is 0 Å². The summed E-state index contributed by atoms with van der Waals surface area (Å²) in [7, 11) is 0. The average molecular weight is 786 g/mol. The van der Waals surface area contributed by atoms with Crippen LogP contribution in [0.15, 0.2) is 157 Å². The van der Waals surface area contributed by atoms with E-state index < -0.39 is 0 Å². The number of carbonyl (C=O) groups excluding carboxylic acids is 2. The van der Waals surface area contributed by atoms with Gasteiger partial charge in [0.1, 0.15) is 11.7 Å². The molecule has 0 unspecified atom stereocenters. The van der Waals surface area contributed by atoms with E-state index in [9.17, 15) is 9.59 Å². The van der Waals surface area contributed by atoms with Gasteiger partial charge in [-0.05, 0) is 78.6 Å². The third kappa shape index (κ3) is 7.69. The molecule has 57 heavy (non-hydrogen) atoms. The molecule has 0 aliphatic carbocycles. The lowest BCUT2D eigenvalue weighted by Crippen LogP contribution is -2.31. The van der Waals surface area contributed by atoms with E-state index in [1.165, 1.54) is 0 Å². The van der Waals surface area contributed by atoms with Gasteiger partial charge in [-0.25, -0.2) is 4.99 Å². The van der Waals surface area contributed by atoms with Crippen LogP contribution >= 0.6 is 23.2 Å². The van der Waals surface area contributed by atoms with E-state index in [1.54, 1.807) is 48.8 Å². The number of aliphatic imine (C=N–C) groups is 1. The molecule has 3 N–H and O–H groups in total. The van der Waals surface area contributed by atoms with Crippen LogP contribution in [0.4, 0.5) is 5.82 Å². The van der Waals surface area contributed by atoms with Gasteiger partial charge in [-0.15, -0.1) is 0 Å². The summed E-state index contributed by atoms with van der Waals surface area (Å²) in [6.45, 7) is 3.78. The number of aromatic amines is 1. The SMILES string of the molecule is Cc1ccccc1C(=O)NC1=NC(=Cc2[nH]c(NC(=O)c3ccccc3C)c(-c3cc(Cl)ccn3)c2-c2ccccc2)C(c2ccccc2)=C1c1cc(Cl)ccn1. The highest BCUT2D eigenvalue weighted by Gasteiger charge is 2.31. The first-order valence-electron chi connectivity index (χ1n) is 18.1. The van der Waals surface area contributed by atoms with Gasteiger partial charge in [0.2, 0.25) is 0 Å². The molecular formula is C47H34Cl2N6O2. The maximum Gasteiger partial charge on any atom is 0.257 e. The smallest absolute Gasteiger partial charge is 0.257 e. The number of aryl methyl sites for hydroxylation is 2. The van der Waals surface area contributed by atoms with Gasteiger partial charge in [-0.1, -0.05) is 120 Å². The number of benzene rings is 4. The number of H-pyrrole nitrogens is 1. The van der Waals surface area contributed by atoms with Crippen LogP contribution in [0.5, 0.6) is 0 Å². The zero-order valence-corrected chi connectivity index (χ0v) is 32.4. The number of rotatable bonds is 8. The number of hydrogen-bond donors (Lipinski definition) is 3. The van der Waals surface area contributed by atoms with Crippen molar-refractivity contribution < 1.29 is 9.59 Å². The number of halogens is 2. The first-order valence-corrected chi connectivity index (χ1v) is 18.9. The summed E-state index contributed by atoms with van der Waals surface area (Å²) in [4.78, 5) is 46.0. The molecule has 7 aromatic rings. The largest absolute Gasteiger partial charge is 0.341 e. The van der Waals surface area contributed by atoms with E-state index in [0.29, 0.717) is 72.3 Å². The minimum atomic E-state index is -0.319. The number of allylic oxidation sites excluding steroid dienone is 1. The van der Waals surface area contributed by atoms with Crippen molar-refractivity contribution in [2.45, 2.75) is 13.8 Å². The number of anilines is 1. The Morgan fingerprint density at radius 3 is 1.72 bits per heavy atom. The fraction of sp³-hybridized carbons (Fsp3) is 0.0426. The number of nitrogens with one attached hydrogen (secondary N) is 3. The maximum atomic E-state index is 14.0. The molecule has 0 bridgehead atoms. The van der Waals surface area contributed by atoms with Crippen LogP contribution in [0.1, 0.15) is 48.8 Å². The zero-order chi connectivity index (χ0) is 39.5. The molecule has 0 radical (unpaired) electrons. The number of carbonyl (C=O) groups is 2. The zero-order valence-electron chi connectivity index (χ0n) is 30.8. The Morgan fingerprint density at radius 2 is 1.12 bits per heavy atom. The molecule has 1 aliphatic heterocycles. The average Bonchev–Trinajstić information content (AvgIpc) is 3.75. The van der Waals surface area contributed by atoms with Crippen molar-refractivity contribution in [1.29, 1.82) is 0 Å². The lowest BCUT2D eigenvalue weighted by Gasteiger charge is -2.12. The highest BCUT2D eigenvalue weighted by Crippen LogP contribution is 2.45. The molecule has 4 heterocycles. The van der Waals surface area contributed by atoms with Crippen molar-refractivity contribution in [3.8, 4) is 22.4 Å². The van der Waals surface area contributed by atoms with E-state index in [0.717, 1.165) is 27.8 Å². The van der Waals surface area contributed by atoms with Crippen LogP contribution in [0.3, 0.4) is 0 Å². The van der Waals surface area contributed by atoms with Gasteiger partial charge in [0.05, 0.1) is 33.9 Å². The highest BCUT2D eigenvalue weighted by molar-refractivity contribution is 6.38. The summed E-state index contributed by atoms with van der Waals surface area (Å²) in [5.41, 5.74) is 9.29. The summed E-state index contributed by atoms with van der Waals surface area (Å²) in [5, 5.41) is 7.21. The first kappa shape index (κ1) is 37.1. The highest BCUT2D eigenvalue weighted by atomic mass is 35.5. The molecule has 0 spiro atoms. The predicted octanol–water partition coefficient (Wildman–Crippen LogP) is 11.1. The Bertz CT molecular complexity index is 2770. The van der Waals surface area contributed by atoms with Crippen LogP contribution in [-0.4, -0.2) is 32.6 Å². The number of amidine groups is 1. The van der Waals surface area contributed by atoms with Crippen LogP contribution in [0.2, 0.25) is 10.0 Å². The molecule has 0 saturated heterocycles. The molecule has 0 atom stereocenters. The molecule has 0 saturated carbocycles. The molecule has 8 nitrogen and oxygen atoms in total. The Labute approximate surface area is 339 Å². The quantitative estimate of drug-likeness (QED) is 0.142. The molecule has 4 aromatic carbocycles. The summed E-state index contributed by atoms with van der Waals surface area (Å²) in [6.07, 6.45) is 5.18. The van der Waals surface area contributed by atoms with Crippen molar-refractivity contribution in [2.75, 3.05) is 5.32 Å². The van der Waals surface area contributed by atoms with Gasteiger partial charge in [0.15, 0.2) is 0 Å². The Balaban J connectivity index is 1.39. The number of aromatic nitrogens is 3. The molecule has 1 aliphatic rings. The number of hydrogen-bond acceptors (Lipinski definition) is 5. The molecule has 0 fully saturated rings. The van der Waals surface area contributed by atoms with Crippen LogP contribution in [0.25, 0.3) is 39.6 Å². The lowest BCUT2D eigenvalue weighted by atomic mass is 9.94. The van der Waals surface area contributed by atoms with Crippen molar-refractivity contribution in [3.05, 3.63) is 201 Å². The molecule has 3 aromatic heterocycles. The van der Waals surface area contributed by atoms with Crippen LogP contribution in [-0.2, 0) is 0 Å². The monoisotopic (exact) mass is 784 g/mol. The van der Waals surface area contributed by atoms with E-state index in [4.69, 9.17) is 38.2 Å². The lowest BCUT2D eigenvalue weighted by molar-refractivity contribution is 0.0975. The number of pyridine rings is 2. The third-order valence-corrected chi connectivity index (χ3v) is 10.1. The maximum absolute atomic E-state index is 14.0. The van der Waals surface area contributed by atoms with Crippen molar-refractivity contribution in [2.24, 2.45) is 4.99 Å². The number of nitrogens with zero attached hydrogens (tertiary/aromatic N) is 3. The van der Waals surface area contributed by atoms with Crippen molar-refractivity contribution in [1.82, 2.24) is 20.3 Å². The minimum Gasteiger partial charge on any atom is -0.341 e. The Morgan fingerprint density at radius 1 is 0.596 bits per heavy atom. The van der Waals surface area contributed by atoms with E-state index >= 15 is 0 Å². The van der Waals surface area contributed by atoms with Crippen molar-refractivity contribution >= 4 is 63.9 Å². The Hall–Kier alpha value is -6.87. The first-order chi connectivity index (χ1) is 27.7. The topological polar surface area (TPSA) is 112 Å². The van der Waals surface area contributed by atoms with Gasteiger partial charge in [0, 0.05) is 44.7 Å². The van der Waals surface area contributed by atoms with E-state index in [2.05, 4.69) is 15.6 Å². The van der Waals surface area contributed by atoms with E-state index in [1.807, 2.05) is 117 Å². The van der Waals surface area contributed by atoms with Gasteiger partial charge in [-0.2, -0.15) is 0 Å². The molecule has 278 valence electrons. The van der Waals surface area contributed by atoms with Crippen LogP contribution < -0.4 is 10.6 Å². The second-order valence-corrected chi connectivity index (χ2v) is 14.3. The van der Waals surface area contributed by atoms with E-state index in [-0.39, 0.29) is 11.8 Å². The number of amides is 2. The fourth-order valence-corrected chi connectivity index (χ4v) is 7.25. The third-order valence-electron chi connectivity index (χ3n) is 9.62. The fourth-order valence-electron chi connectivity index (χ4n) is 6.93. The van der Waals surface area contributed by atoms with Gasteiger partial charge >= 0.3 is 0 Å². The van der Waals surface area contributed by atoms with Gasteiger partial charge in [0.25, 0.3) is 11.8 Å². The second-order valence-electron chi connectivity index (χ2n) is 13.4. The standard InChI is InChI=1S/C47H34Cl2N6O2/c1-28-13-9-11-19-34(28)46(56)54-44-42(36-25-32(48)21-23-50-36)40(30-15-5-3-6-16-30)38(52-44)27-39-41(31-17-7-4-8-18-31)43(37-26-33(49)22-24-51-37)45(53-39)55-47(57)35-20-12-10-14-29(35)2/h3-27,52H,1-2H3,(H,54,56)(H,53,55,57). The van der Waals surface area contributed by atoms with Gasteiger partial charge in [-0.3, -0.25) is 19.6 Å². The summed E-state index contributed by atoms with van der Waals surface area (Å²) >= 11 is 13.1. The molecule has 10 heteroatoms. The normalized spacial score (nSPS) is 13.1. The van der Waals surface area contributed by atoms with Gasteiger partial charge < -0.3 is 15.6 Å². The molecular weight excluding hydrogens is 751 g/mol. The molecule has 2 amide bonds. The Kier molecular flexibility index (Phi) is 10.5. The molecule has 8 rings (SSSR count). The summed E-state index contributed by atoms with van der Waals surface area (Å²) < 4.78 is 0.